The van der Waals surface area contributed by atoms with Crippen LogP contribution < -0.4 is 4.90 Å². The number of fused-ring (bicyclic) bond motifs is 1. The fourth-order valence-corrected chi connectivity index (χ4v) is 3.74. The molecule has 3 aromatic rings. The molecule has 1 aromatic heterocycles. The van der Waals surface area contributed by atoms with E-state index in [-0.39, 0.29) is 10.6 Å². The lowest BCUT2D eigenvalue weighted by Gasteiger charge is -2.36. The van der Waals surface area contributed by atoms with Crippen molar-refractivity contribution < 1.29 is 4.92 Å². The zero-order chi connectivity index (χ0) is 18.6. The summed E-state index contributed by atoms with van der Waals surface area (Å²) in [6.07, 6.45) is 4.35. The zero-order valence-electron chi connectivity index (χ0n) is 15.1. The minimum atomic E-state index is -0.338. The van der Waals surface area contributed by atoms with Crippen molar-refractivity contribution in [3.05, 3.63) is 76.6 Å². The van der Waals surface area contributed by atoms with Crippen LogP contribution in [0.15, 0.2) is 60.9 Å². The van der Waals surface area contributed by atoms with Gasteiger partial charge in [0.2, 0.25) is 0 Å². The van der Waals surface area contributed by atoms with Gasteiger partial charge in [0.15, 0.2) is 0 Å². The van der Waals surface area contributed by atoms with Gasteiger partial charge in [0.05, 0.1) is 10.3 Å². The van der Waals surface area contributed by atoms with Gasteiger partial charge in [-0.25, -0.2) is 0 Å². The molecular weight excluding hydrogens is 340 g/mol. The third kappa shape index (κ3) is 3.75. The average molecular weight is 362 g/mol. The molecule has 0 unspecified atom stereocenters. The van der Waals surface area contributed by atoms with Crippen LogP contribution in [0.2, 0.25) is 0 Å². The van der Waals surface area contributed by atoms with Gasteiger partial charge < -0.3 is 4.90 Å². The minimum absolute atomic E-state index is 0.114. The Morgan fingerprint density at radius 3 is 2.48 bits per heavy atom. The van der Waals surface area contributed by atoms with E-state index < -0.39 is 0 Å². The van der Waals surface area contributed by atoms with E-state index in [2.05, 4.69) is 39.0 Å². The number of anilines is 1. The van der Waals surface area contributed by atoms with E-state index >= 15 is 0 Å². The fraction of sp³-hybridized carbons (Fsp3) is 0.286. The molecule has 6 heteroatoms. The number of nitrogens with zero attached hydrogens (tertiary/aromatic N) is 4. The summed E-state index contributed by atoms with van der Waals surface area (Å²) in [7, 11) is 0. The topological polar surface area (TPSA) is 62.5 Å². The van der Waals surface area contributed by atoms with E-state index in [9.17, 15) is 10.1 Å². The van der Waals surface area contributed by atoms with Crippen LogP contribution in [-0.2, 0) is 6.42 Å². The van der Waals surface area contributed by atoms with Crippen molar-refractivity contribution in [2.24, 2.45) is 0 Å². The molecule has 1 saturated heterocycles. The quantitative estimate of drug-likeness (QED) is 0.513. The maximum absolute atomic E-state index is 11.3. The molecule has 0 amide bonds. The average Bonchev–Trinajstić information content (AvgIpc) is 2.72. The number of aromatic nitrogens is 1. The van der Waals surface area contributed by atoms with E-state index in [1.165, 1.54) is 5.56 Å². The van der Waals surface area contributed by atoms with Gasteiger partial charge in [-0.15, -0.1) is 0 Å². The fourth-order valence-electron chi connectivity index (χ4n) is 3.74. The Hall–Kier alpha value is -2.99. The van der Waals surface area contributed by atoms with Crippen LogP contribution in [0, 0.1) is 10.1 Å². The van der Waals surface area contributed by atoms with Crippen molar-refractivity contribution in [2.75, 3.05) is 37.6 Å². The van der Waals surface area contributed by atoms with Crippen LogP contribution in [0.25, 0.3) is 10.8 Å². The minimum Gasteiger partial charge on any atom is -0.368 e. The second kappa shape index (κ2) is 7.72. The number of non-ortho nitro benzene ring substituents is 1. The first-order valence-corrected chi connectivity index (χ1v) is 9.25. The molecule has 2 aromatic carbocycles. The number of nitro groups is 1. The van der Waals surface area contributed by atoms with Gasteiger partial charge in [0.1, 0.15) is 0 Å². The summed E-state index contributed by atoms with van der Waals surface area (Å²) in [4.78, 5) is 19.8. The lowest BCUT2D eigenvalue weighted by atomic mass is 10.1. The first-order chi connectivity index (χ1) is 13.2. The van der Waals surface area contributed by atoms with Gasteiger partial charge in [0, 0.05) is 62.3 Å². The molecule has 2 heterocycles. The van der Waals surface area contributed by atoms with Crippen molar-refractivity contribution in [1.29, 1.82) is 0 Å². The number of nitro benzene ring substituents is 1. The van der Waals surface area contributed by atoms with Crippen LogP contribution in [0.5, 0.6) is 0 Å². The van der Waals surface area contributed by atoms with E-state index in [0.717, 1.165) is 50.2 Å². The summed E-state index contributed by atoms with van der Waals surface area (Å²) < 4.78 is 0. The second-order valence-electron chi connectivity index (χ2n) is 6.85. The monoisotopic (exact) mass is 362 g/mol. The zero-order valence-corrected chi connectivity index (χ0v) is 15.1. The van der Waals surface area contributed by atoms with Crippen molar-refractivity contribution >= 4 is 22.1 Å². The molecule has 0 spiro atoms. The molecule has 1 fully saturated rings. The Balaban J connectivity index is 1.45. The predicted molar refractivity (Wildman–Crippen MR) is 107 cm³/mol. The maximum atomic E-state index is 11.3. The molecule has 1 aliphatic rings. The van der Waals surface area contributed by atoms with Gasteiger partial charge >= 0.3 is 0 Å². The smallest absolute Gasteiger partial charge is 0.278 e. The Morgan fingerprint density at radius 2 is 1.74 bits per heavy atom. The third-order valence-corrected chi connectivity index (χ3v) is 5.24. The Kier molecular flexibility index (Phi) is 4.98. The van der Waals surface area contributed by atoms with Crippen LogP contribution in [0.1, 0.15) is 5.56 Å². The highest BCUT2D eigenvalue weighted by molar-refractivity contribution is 5.99. The van der Waals surface area contributed by atoms with Gasteiger partial charge in [0.25, 0.3) is 5.69 Å². The Morgan fingerprint density at radius 1 is 0.963 bits per heavy atom. The highest BCUT2D eigenvalue weighted by Gasteiger charge is 2.21. The van der Waals surface area contributed by atoms with E-state index in [0.29, 0.717) is 5.39 Å². The molecule has 27 heavy (non-hydrogen) atoms. The summed E-state index contributed by atoms with van der Waals surface area (Å²) in [6, 6.07) is 15.9. The summed E-state index contributed by atoms with van der Waals surface area (Å²) in [5, 5.41) is 12.8. The van der Waals surface area contributed by atoms with Crippen LogP contribution in [-0.4, -0.2) is 47.5 Å². The van der Waals surface area contributed by atoms with Crippen molar-refractivity contribution in [2.45, 2.75) is 6.42 Å². The SMILES string of the molecule is O=[N+]([O-])c1ccc(N2CCN(CCc3ccccc3)CC2)c2ccncc12. The van der Waals surface area contributed by atoms with Gasteiger partial charge in [-0.2, -0.15) is 0 Å². The number of hydrogen-bond donors (Lipinski definition) is 0. The molecule has 0 saturated carbocycles. The number of pyridine rings is 1. The number of benzene rings is 2. The van der Waals surface area contributed by atoms with E-state index in [1.807, 2.05) is 18.2 Å². The number of rotatable bonds is 5. The van der Waals surface area contributed by atoms with Crippen LogP contribution in [0.4, 0.5) is 11.4 Å². The lowest BCUT2D eigenvalue weighted by Crippen LogP contribution is -2.47. The predicted octanol–water partition coefficient (Wildman–Crippen LogP) is 3.51. The Bertz CT molecular complexity index is 937. The molecule has 138 valence electrons. The third-order valence-electron chi connectivity index (χ3n) is 5.24. The van der Waals surface area contributed by atoms with E-state index in [4.69, 9.17) is 0 Å². The van der Waals surface area contributed by atoms with Crippen molar-refractivity contribution in [3.8, 4) is 0 Å². The molecule has 4 rings (SSSR count). The summed E-state index contributed by atoms with van der Waals surface area (Å²) in [5.74, 6) is 0. The number of hydrogen-bond acceptors (Lipinski definition) is 5. The molecule has 0 bridgehead atoms. The highest BCUT2D eigenvalue weighted by atomic mass is 16.6. The van der Waals surface area contributed by atoms with Crippen LogP contribution in [0.3, 0.4) is 0 Å². The maximum Gasteiger partial charge on any atom is 0.278 e. The molecular formula is C21H22N4O2. The summed E-state index contributed by atoms with van der Waals surface area (Å²) in [6.45, 7) is 4.89. The molecule has 1 aliphatic heterocycles. The second-order valence-corrected chi connectivity index (χ2v) is 6.85. The van der Waals surface area contributed by atoms with Gasteiger partial charge in [-0.1, -0.05) is 30.3 Å². The lowest BCUT2D eigenvalue weighted by molar-refractivity contribution is -0.383. The normalized spacial score (nSPS) is 15.2. The van der Waals surface area contributed by atoms with Crippen molar-refractivity contribution in [3.63, 3.8) is 0 Å². The van der Waals surface area contributed by atoms with Gasteiger partial charge in [-0.05, 0) is 24.1 Å². The Labute approximate surface area is 158 Å². The van der Waals surface area contributed by atoms with Gasteiger partial charge in [-0.3, -0.25) is 20.0 Å². The highest BCUT2D eigenvalue weighted by Crippen LogP contribution is 2.33. The molecule has 0 atom stereocenters. The van der Waals surface area contributed by atoms with E-state index in [1.54, 1.807) is 18.5 Å². The summed E-state index contributed by atoms with van der Waals surface area (Å²) in [5.41, 5.74) is 2.54. The molecule has 0 radical (unpaired) electrons. The van der Waals surface area contributed by atoms with Crippen molar-refractivity contribution in [1.82, 2.24) is 9.88 Å². The largest absolute Gasteiger partial charge is 0.368 e. The molecule has 0 aliphatic carbocycles. The first kappa shape index (κ1) is 17.4. The first-order valence-electron chi connectivity index (χ1n) is 9.25. The molecule has 0 N–H and O–H groups in total. The summed E-state index contributed by atoms with van der Waals surface area (Å²) >= 11 is 0. The molecule has 6 nitrogen and oxygen atoms in total. The number of piperazine rings is 1. The standard InChI is InChI=1S/C21H22N4O2/c26-25(27)21-7-6-20(18-8-10-22-16-19(18)21)24-14-12-23(13-15-24)11-9-17-4-2-1-3-5-17/h1-8,10,16H,9,11-15H2. The van der Waals surface area contributed by atoms with Crippen LogP contribution >= 0.6 is 0 Å².